The molecular weight excluding hydrogens is 617 g/mol. The maximum Gasteiger partial charge on any atom is 0.261 e. The van der Waals surface area contributed by atoms with E-state index in [4.69, 9.17) is 4.55 Å². The van der Waals surface area contributed by atoms with Crippen molar-refractivity contribution in [2.75, 3.05) is 30.9 Å². The molecule has 45 heavy (non-hydrogen) atoms. The van der Waals surface area contributed by atoms with Gasteiger partial charge in [0, 0.05) is 22.9 Å². The summed E-state index contributed by atoms with van der Waals surface area (Å²) in [5.74, 6) is 2.40. The summed E-state index contributed by atoms with van der Waals surface area (Å²) in [7, 11) is -3.67. The Hall–Kier alpha value is -2.07. The SMILES string of the molecule is CCCCSc1c(CNCCCCCCNCc2ccc3ccccc3c2SCCCC)ccc2ccccc12.CS(=O)(=O)O. The van der Waals surface area contributed by atoms with Gasteiger partial charge in [-0.2, -0.15) is 8.42 Å². The van der Waals surface area contributed by atoms with Crippen LogP contribution in [-0.4, -0.2) is 43.8 Å². The molecule has 0 unspecified atom stereocenters. The third-order valence-corrected chi connectivity index (χ3v) is 10.0. The highest BCUT2D eigenvalue weighted by Gasteiger charge is 2.09. The molecule has 0 fully saturated rings. The standard InChI is InChI=1S/C36H48N2S2.CH4O3S/c1-3-5-25-39-35-31(21-19-29-15-9-11-17-33(29)35)27-37-23-13-7-8-14-24-38-28-32-22-20-30-16-10-12-18-34(30)36(32)40-26-6-4-2;1-5(2,3)4/h9-12,15-22,37-38H,3-8,13-14,23-28H2,1-2H3;1H3,(H,2,3,4). The molecule has 3 N–H and O–H groups in total. The number of hydrogen-bond donors (Lipinski definition) is 3. The topological polar surface area (TPSA) is 78.4 Å². The molecule has 0 aliphatic rings. The van der Waals surface area contributed by atoms with Crippen LogP contribution in [0.2, 0.25) is 0 Å². The Kier molecular flexibility index (Phi) is 17.4. The zero-order chi connectivity index (χ0) is 32.3. The van der Waals surface area contributed by atoms with Crippen LogP contribution in [0.4, 0.5) is 0 Å². The van der Waals surface area contributed by atoms with Gasteiger partial charge in [-0.05, 0) is 83.0 Å². The summed E-state index contributed by atoms with van der Waals surface area (Å²) in [6.07, 6.45) is 10.8. The molecule has 0 bridgehead atoms. The maximum absolute atomic E-state index is 9.19. The zero-order valence-corrected chi connectivity index (χ0v) is 29.8. The van der Waals surface area contributed by atoms with Gasteiger partial charge in [0.05, 0.1) is 6.26 Å². The predicted molar refractivity (Wildman–Crippen MR) is 199 cm³/mol. The van der Waals surface area contributed by atoms with Crippen LogP contribution in [0.25, 0.3) is 21.5 Å². The highest BCUT2D eigenvalue weighted by atomic mass is 32.2. The molecule has 4 aromatic rings. The minimum Gasteiger partial charge on any atom is -0.313 e. The molecule has 0 spiro atoms. The van der Waals surface area contributed by atoms with E-state index in [1.165, 1.54) is 105 Å². The Morgan fingerprint density at radius 2 is 1.00 bits per heavy atom. The van der Waals surface area contributed by atoms with E-state index in [0.29, 0.717) is 6.26 Å². The van der Waals surface area contributed by atoms with Crippen molar-refractivity contribution in [3.8, 4) is 0 Å². The van der Waals surface area contributed by atoms with E-state index in [1.54, 1.807) is 0 Å². The summed E-state index contributed by atoms with van der Waals surface area (Å²) in [6, 6.07) is 26.9. The summed E-state index contributed by atoms with van der Waals surface area (Å²) in [5.41, 5.74) is 2.90. The molecule has 0 saturated heterocycles. The number of rotatable bonds is 19. The second-order valence-electron chi connectivity index (χ2n) is 11.5. The molecule has 0 aromatic heterocycles. The van der Waals surface area contributed by atoms with Crippen molar-refractivity contribution >= 4 is 55.2 Å². The highest BCUT2D eigenvalue weighted by Crippen LogP contribution is 2.33. The summed E-state index contributed by atoms with van der Waals surface area (Å²) >= 11 is 4.07. The van der Waals surface area contributed by atoms with Crippen LogP contribution < -0.4 is 10.6 Å². The van der Waals surface area contributed by atoms with Gasteiger partial charge in [-0.25, -0.2) is 0 Å². The Morgan fingerprint density at radius 3 is 1.40 bits per heavy atom. The summed E-state index contributed by atoms with van der Waals surface area (Å²) < 4.78 is 25.9. The monoisotopic (exact) mass is 668 g/mol. The lowest BCUT2D eigenvalue weighted by atomic mass is 10.1. The first-order valence-electron chi connectivity index (χ1n) is 16.4. The smallest absolute Gasteiger partial charge is 0.261 e. The van der Waals surface area contributed by atoms with Crippen molar-refractivity contribution in [2.24, 2.45) is 0 Å². The van der Waals surface area contributed by atoms with Crippen molar-refractivity contribution in [2.45, 2.75) is 88.1 Å². The molecule has 4 rings (SSSR count). The molecule has 4 aromatic carbocycles. The number of benzene rings is 4. The molecule has 0 atom stereocenters. The van der Waals surface area contributed by atoms with E-state index in [-0.39, 0.29) is 0 Å². The molecule has 8 heteroatoms. The van der Waals surface area contributed by atoms with E-state index in [9.17, 15) is 8.42 Å². The molecule has 0 amide bonds. The molecule has 0 heterocycles. The Bertz CT molecular complexity index is 1430. The minimum atomic E-state index is -3.67. The van der Waals surface area contributed by atoms with Crippen molar-refractivity contribution in [3.63, 3.8) is 0 Å². The lowest BCUT2D eigenvalue weighted by molar-refractivity contribution is 0.490. The van der Waals surface area contributed by atoms with Gasteiger partial charge >= 0.3 is 0 Å². The van der Waals surface area contributed by atoms with E-state index >= 15 is 0 Å². The van der Waals surface area contributed by atoms with Crippen molar-refractivity contribution in [1.29, 1.82) is 0 Å². The third kappa shape index (κ3) is 14.1. The van der Waals surface area contributed by atoms with Gasteiger partial charge in [-0.15, -0.1) is 23.5 Å². The average molecular weight is 669 g/mol. The first-order chi connectivity index (χ1) is 21.8. The Balaban J connectivity index is 0.00000102. The van der Waals surface area contributed by atoms with Gasteiger partial charge in [-0.3, -0.25) is 4.55 Å². The van der Waals surface area contributed by atoms with Gasteiger partial charge in [0.15, 0.2) is 0 Å². The molecule has 0 aliphatic heterocycles. The fourth-order valence-corrected chi connectivity index (χ4v) is 7.74. The van der Waals surface area contributed by atoms with Gasteiger partial charge in [-0.1, -0.05) is 112 Å². The quantitative estimate of drug-likeness (QED) is 0.0522. The number of thioether (sulfide) groups is 2. The van der Waals surface area contributed by atoms with Gasteiger partial charge in [0.1, 0.15) is 0 Å². The van der Waals surface area contributed by atoms with Gasteiger partial charge in [0.2, 0.25) is 0 Å². The highest BCUT2D eigenvalue weighted by molar-refractivity contribution is 7.99. The van der Waals surface area contributed by atoms with Crippen molar-refractivity contribution in [3.05, 3.63) is 83.9 Å². The van der Waals surface area contributed by atoms with Crippen molar-refractivity contribution < 1.29 is 13.0 Å². The molecular formula is C37H52N2O3S3. The van der Waals surface area contributed by atoms with Crippen LogP contribution in [0, 0.1) is 0 Å². The lowest BCUT2D eigenvalue weighted by Crippen LogP contribution is -2.16. The Morgan fingerprint density at radius 1 is 0.600 bits per heavy atom. The summed E-state index contributed by atoms with van der Waals surface area (Å²) in [4.78, 5) is 2.95. The first-order valence-corrected chi connectivity index (χ1v) is 20.2. The van der Waals surface area contributed by atoms with Crippen LogP contribution in [0.5, 0.6) is 0 Å². The second kappa shape index (κ2) is 20.9. The first kappa shape index (κ1) is 37.4. The number of fused-ring (bicyclic) bond motifs is 2. The number of hydrogen-bond acceptors (Lipinski definition) is 6. The number of nitrogens with one attached hydrogen (secondary N) is 2. The van der Waals surface area contributed by atoms with Gasteiger partial charge < -0.3 is 10.6 Å². The average Bonchev–Trinajstić information content (AvgIpc) is 3.02. The van der Waals surface area contributed by atoms with Crippen LogP contribution in [0.15, 0.2) is 82.6 Å². The summed E-state index contributed by atoms with van der Waals surface area (Å²) in [6.45, 7) is 8.66. The molecule has 0 aliphatic carbocycles. The predicted octanol–water partition coefficient (Wildman–Crippen LogP) is 9.72. The molecule has 246 valence electrons. The minimum absolute atomic E-state index is 0.715. The second-order valence-corrected chi connectivity index (χ2v) is 15.1. The van der Waals surface area contributed by atoms with E-state index in [0.717, 1.165) is 26.2 Å². The zero-order valence-electron chi connectivity index (χ0n) is 27.3. The van der Waals surface area contributed by atoms with Crippen LogP contribution in [0.3, 0.4) is 0 Å². The van der Waals surface area contributed by atoms with E-state index < -0.39 is 10.1 Å². The van der Waals surface area contributed by atoms with Crippen LogP contribution in [-0.2, 0) is 23.2 Å². The fourth-order valence-electron chi connectivity index (χ4n) is 5.13. The third-order valence-electron chi connectivity index (χ3n) is 7.50. The van der Waals surface area contributed by atoms with Crippen molar-refractivity contribution in [1.82, 2.24) is 10.6 Å². The van der Waals surface area contributed by atoms with E-state index in [1.807, 2.05) is 23.5 Å². The normalized spacial score (nSPS) is 11.6. The summed E-state index contributed by atoms with van der Waals surface area (Å²) in [5, 5.41) is 13.0. The van der Waals surface area contributed by atoms with Gasteiger partial charge in [0.25, 0.3) is 10.1 Å². The maximum atomic E-state index is 9.19. The largest absolute Gasteiger partial charge is 0.313 e. The Labute approximate surface area is 280 Å². The van der Waals surface area contributed by atoms with E-state index in [2.05, 4.69) is 97.3 Å². The lowest BCUT2D eigenvalue weighted by Gasteiger charge is -2.14. The molecule has 5 nitrogen and oxygen atoms in total. The fraction of sp³-hybridized carbons (Fsp3) is 0.459. The number of unbranched alkanes of at least 4 members (excludes halogenated alkanes) is 5. The molecule has 0 saturated carbocycles. The molecule has 0 radical (unpaired) electrons. The van der Waals surface area contributed by atoms with Crippen LogP contribution >= 0.6 is 23.5 Å². The van der Waals surface area contributed by atoms with Crippen LogP contribution in [0.1, 0.15) is 76.3 Å².